The molecule has 78 valence electrons. The molecule has 0 bridgehead atoms. The third-order valence-electron chi connectivity index (χ3n) is 1.80. The maximum Gasteiger partial charge on any atom is 0.285 e. The molecule has 1 aromatic rings. The first-order chi connectivity index (χ1) is 6.47. The summed E-state index contributed by atoms with van der Waals surface area (Å²) in [7, 11) is 1.41. The monoisotopic (exact) mass is 203 g/mol. The zero-order valence-corrected chi connectivity index (χ0v) is 7.59. The van der Waals surface area contributed by atoms with E-state index in [1.165, 1.54) is 7.05 Å². The number of alkyl halides is 2. The van der Waals surface area contributed by atoms with Crippen molar-refractivity contribution in [2.45, 2.75) is 5.92 Å². The van der Waals surface area contributed by atoms with Crippen molar-refractivity contribution in [1.82, 2.24) is 5.32 Å². The first-order valence-electron chi connectivity index (χ1n) is 4.02. The Hall–Kier alpha value is -1.36. The van der Waals surface area contributed by atoms with Crippen molar-refractivity contribution in [2.24, 2.45) is 0 Å². The summed E-state index contributed by atoms with van der Waals surface area (Å²) in [4.78, 5) is 0. The largest absolute Gasteiger partial charge is 0.504 e. The Morgan fingerprint density at radius 1 is 1.29 bits per heavy atom. The highest BCUT2D eigenvalue weighted by molar-refractivity contribution is 5.41. The number of benzene rings is 1. The molecule has 0 heterocycles. The van der Waals surface area contributed by atoms with Crippen LogP contribution in [0.1, 0.15) is 5.56 Å². The topological polar surface area (TPSA) is 52.5 Å². The van der Waals surface area contributed by atoms with Crippen LogP contribution < -0.4 is 5.32 Å². The van der Waals surface area contributed by atoms with Crippen LogP contribution in [0.15, 0.2) is 18.2 Å². The van der Waals surface area contributed by atoms with Gasteiger partial charge in [0, 0.05) is 5.56 Å². The van der Waals surface area contributed by atoms with E-state index in [1.54, 1.807) is 0 Å². The smallest absolute Gasteiger partial charge is 0.285 e. The van der Waals surface area contributed by atoms with Gasteiger partial charge < -0.3 is 15.5 Å². The number of phenols is 2. The fourth-order valence-corrected chi connectivity index (χ4v) is 1.08. The predicted molar refractivity (Wildman–Crippen MR) is 47.6 cm³/mol. The summed E-state index contributed by atoms with van der Waals surface area (Å²) in [6.45, 7) is -0.517. The molecule has 0 aliphatic rings. The highest BCUT2D eigenvalue weighted by Gasteiger charge is 2.31. The van der Waals surface area contributed by atoms with E-state index in [9.17, 15) is 8.78 Å². The van der Waals surface area contributed by atoms with Crippen molar-refractivity contribution in [1.29, 1.82) is 0 Å². The third-order valence-corrected chi connectivity index (χ3v) is 1.80. The fraction of sp³-hybridized carbons (Fsp3) is 0.333. The molecule has 0 aliphatic heterocycles. The molecule has 0 saturated carbocycles. The number of rotatable bonds is 3. The highest BCUT2D eigenvalue weighted by atomic mass is 19.3. The SMILES string of the molecule is CNCC(F)(F)c1ccc(O)c(O)c1. The van der Waals surface area contributed by atoms with E-state index in [0.29, 0.717) is 0 Å². The van der Waals surface area contributed by atoms with Crippen molar-refractivity contribution >= 4 is 0 Å². The van der Waals surface area contributed by atoms with Gasteiger partial charge in [-0.05, 0) is 25.2 Å². The summed E-state index contributed by atoms with van der Waals surface area (Å²) in [5.41, 5.74) is -0.331. The van der Waals surface area contributed by atoms with E-state index in [2.05, 4.69) is 5.32 Å². The van der Waals surface area contributed by atoms with Crippen molar-refractivity contribution in [2.75, 3.05) is 13.6 Å². The Morgan fingerprint density at radius 2 is 1.93 bits per heavy atom. The standard InChI is InChI=1S/C9H11F2NO2/c1-12-5-9(10,11)6-2-3-7(13)8(14)4-6/h2-4,12-14H,5H2,1H3. The Kier molecular flexibility index (Phi) is 2.90. The molecule has 0 aromatic heterocycles. The number of nitrogens with one attached hydrogen (secondary N) is 1. The van der Waals surface area contributed by atoms with Gasteiger partial charge in [0.15, 0.2) is 11.5 Å². The van der Waals surface area contributed by atoms with Crippen LogP contribution in [0.2, 0.25) is 0 Å². The van der Waals surface area contributed by atoms with E-state index in [4.69, 9.17) is 10.2 Å². The van der Waals surface area contributed by atoms with Crippen LogP contribution in [-0.2, 0) is 5.92 Å². The van der Waals surface area contributed by atoms with E-state index in [0.717, 1.165) is 18.2 Å². The Labute approximate surface area is 80.0 Å². The lowest BCUT2D eigenvalue weighted by Crippen LogP contribution is -2.27. The second-order valence-corrected chi connectivity index (χ2v) is 2.94. The third kappa shape index (κ3) is 2.11. The van der Waals surface area contributed by atoms with Crippen LogP contribution in [0, 0.1) is 0 Å². The minimum absolute atomic E-state index is 0.331. The number of likely N-dealkylation sites (N-methyl/N-ethyl adjacent to an activating group) is 1. The second-order valence-electron chi connectivity index (χ2n) is 2.94. The molecule has 14 heavy (non-hydrogen) atoms. The van der Waals surface area contributed by atoms with E-state index < -0.39 is 24.0 Å². The summed E-state index contributed by atoms with van der Waals surface area (Å²) in [6, 6.07) is 2.97. The second kappa shape index (κ2) is 3.79. The average molecular weight is 203 g/mol. The lowest BCUT2D eigenvalue weighted by Gasteiger charge is -2.16. The molecule has 0 aliphatic carbocycles. The van der Waals surface area contributed by atoms with Crippen LogP contribution >= 0.6 is 0 Å². The Balaban J connectivity index is 3.01. The molecule has 0 fully saturated rings. The minimum atomic E-state index is -3.06. The summed E-state index contributed by atoms with van der Waals surface area (Å²) in [5, 5.41) is 20.3. The molecule has 1 aromatic carbocycles. The fourth-order valence-electron chi connectivity index (χ4n) is 1.08. The van der Waals surface area contributed by atoms with Gasteiger partial charge >= 0.3 is 0 Å². The van der Waals surface area contributed by atoms with E-state index in [1.807, 2.05) is 0 Å². The molecular formula is C9H11F2NO2. The number of phenolic OH excluding ortho intramolecular Hbond substituents is 2. The first-order valence-corrected chi connectivity index (χ1v) is 4.02. The molecule has 5 heteroatoms. The van der Waals surface area contributed by atoms with Gasteiger partial charge in [-0.15, -0.1) is 0 Å². The van der Waals surface area contributed by atoms with Crippen molar-refractivity contribution in [3.05, 3.63) is 23.8 Å². The molecule has 0 saturated heterocycles. The van der Waals surface area contributed by atoms with Gasteiger partial charge in [-0.25, -0.2) is 0 Å². The molecule has 3 nitrogen and oxygen atoms in total. The van der Waals surface area contributed by atoms with Gasteiger partial charge in [0.2, 0.25) is 0 Å². The van der Waals surface area contributed by atoms with Gasteiger partial charge in [0.05, 0.1) is 6.54 Å². The summed E-state index contributed by atoms with van der Waals surface area (Å²) in [5.74, 6) is -4.01. The van der Waals surface area contributed by atoms with E-state index in [-0.39, 0.29) is 5.56 Å². The van der Waals surface area contributed by atoms with Crippen LogP contribution in [-0.4, -0.2) is 23.8 Å². The Bertz CT molecular complexity index is 329. The summed E-state index contributed by atoms with van der Waals surface area (Å²) >= 11 is 0. The van der Waals surface area contributed by atoms with Crippen LogP contribution in [0.25, 0.3) is 0 Å². The molecular weight excluding hydrogens is 192 g/mol. The first kappa shape index (κ1) is 10.7. The van der Waals surface area contributed by atoms with Crippen LogP contribution in [0.5, 0.6) is 11.5 Å². The zero-order chi connectivity index (χ0) is 10.8. The predicted octanol–water partition coefficient (Wildman–Crippen LogP) is 1.41. The van der Waals surface area contributed by atoms with Gasteiger partial charge in [0.25, 0.3) is 5.92 Å². The van der Waals surface area contributed by atoms with E-state index >= 15 is 0 Å². The van der Waals surface area contributed by atoms with Gasteiger partial charge in [-0.1, -0.05) is 0 Å². The summed E-state index contributed by atoms with van der Waals surface area (Å²) in [6.07, 6.45) is 0. The molecule has 0 radical (unpaired) electrons. The number of aromatic hydroxyl groups is 2. The number of halogens is 2. The maximum absolute atomic E-state index is 13.2. The molecule has 0 spiro atoms. The van der Waals surface area contributed by atoms with Crippen molar-refractivity contribution in [3.63, 3.8) is 0 Å². The molecule has 0 unspecified atom stereocenters. The molecule has 0 atom stereocenters. The van der Waals surface area contributed by atoms with Gasteiger partial charge in [-0.3, -0.25) is 0 Å². The lowest BCUT2D eigenvalue weighted by molar-refractivity contribution is -0.00148. The minimum Gasteiger partial charge on any atom is -0.504 e. The number of hydrogen-bond acceptors (Lipinski definition) is 3. The van der Waals surface area contributed by atoms with Crippen molar-refractivity contribution < 1.29 is 19.0 Å². The Morgan fingerprint density at radius 3 is 2.43 bits per heavy atom. The summed E-state index contributed by atoms with van der Waals surface area (Å²) < 4.78 is 26.4. The van der Waals surface area contributed by atoms with Gasteiger partial charge in [0.1, 0.15) is 0 Å². The lowest BCUT2D eigenvalue weighted by atomic mass is 10.1. The average Bonchev–Trinajstić information content (AvgIpc) is 2.09. The molecule has 1 rings (SSSR count). The van der Waals surface area contributed by atoms with Crippen LogP contribution in [0.4, 0.5) is 8.78 Å². The molecule has 3 N–H and O–H groups in total. The molecule has 0 amide bonds. The van der Waals surface area contributed by atoms with Gasteiger partial charge in [-0.2, -0.15) is 8.78 Å². The zero-order valence-electron chi connectivity index (χ0n) is 7.59. The normalized spacial score (nSPS) is 11.6. The quantitative estimate of drug-likeness (QED) is 0.651. The maximum atomic E-state index is 13.2. The number of hydrogen-bond donors (Lipinski definition) is 3. The van der Waals surface area contributed by atoms with Crippen LogP contribution in [0.3, 0.4) is 0 Å². The van der Waals surface area contributed by atoms with Crippen molar-refractivity contribution in [3.8, 4) is 11.5 Å². The highest BCUT2D eigenvalue weighted by Crippen LogP contribution is 2.33.